The number of nitrogens with two attached hydrogens (primary N) is 2. The molecule has 4 aromatic heterocycles. The third kappa shape index (κ3) is 2.88. The van der Waals surface area contributed by atoms with Crippen LogP contribution in [0.25, 0.3) is 22.3 Å². The zero-order valence-electron chi connectivity index (χ0n) is 12.6. The minimum Gasteiger partial charge on any atom is -0.368 e. The van der Waals surface area contributed by atoms with Crippen molar-refractivity contribution in [1.29, 1.82) is 0 Å². The van der Waals surface area contributed by atoms with Gasteiger partial charge in [-0.05, 0) is 0 Å². The number of fused-ring (bicyclic) bond motifs is 2. The van der Waals surface area contributed by atoms with Gasteiger partial charge in [-0.3, -0.25) is 0 Å². The van der Waals surface area contributed by atoms with E-state index in [1.807, 2.05) is 14.1 Å². The first-order chi connectivity index (χ1) is 11.4. The molecule has 0 radical (unpaired) electrons. The van der Waals surface area contributed by atoms with Crippen LogP contribution in [0.3, 0.4) is 0 Å². The van der Waals surface area contributed by atoms with E-state index in [4.69, 9.17) is 34.7 Å². The summed E-state index contributed by atoms with van der Waals surface area (Å²) in [4.78, 5) is 23.5. The molecule has 0 bridgehead atoms. The van der Waals surface area contributed by atoms with E-state index >= 15 is 0 Å². The number of aromatic nitrogens is 8. The van der Waals surface area contributed by atoms with Crippen LogP contribution in [0.15, 0.2) is 12.7 Å². The summed E-state index contributed by atoms with van der Waals surface area (Å²) >= 11 is 11.6. The number of nitrogens with zero attached hydrogens (tertiary/aromatic N) is 8. The van der Waals surface area contributed by atoms with Gasteiger partial charge in [0, 0.05) is 14.1 Å². The van der Waals surface area contributed by atoms with Gasteiger partial charge in [-0.15, -0.1) is 0 Å². The van der Waals surface area contributed by atoms with Crippen molar-refractivity contribution in [3.05, 3.63) is 23.0 Å². The monoisotopic (exact) mass is 366 g/mol. The fourth-order valence-corrected chi connectivity index (χ4v) is 2.54. The highest BCUT2D eigenvalue weighted by Gasteiger charge is 2.08. The summed E-state index contributed by atoms with van der Waals surface area (Å²) in [6.07, 6.45) is 3.23. The molecule has 24 heavy (non-hydrogen) atoms. The molecular formula is C12H12Cl2N10. The topological polar surface area (TPSA) is 139 Å². The van der Waals surface area contributed by atoms with Crippen molar-refractivity contribution in [2.75, 3.05) is 11.5 Å². The van der Waals surface area contributed by atoms with Crippen molar-refractivity contribution in [2.45, 2.75) is 0 Å². The van der Waals surface area contributed by atoms with Gasteiger partial charge in [0.1, 0.15) is 11.0 Å². The Hall–Kier alpha value is -2.72. The Morgan fingerprint density at radius 1 is 0.833 bits per heavy atom. The molecule has 0 spiro atoms. The molecule has 0 saturated carbocycles. The molecule has 0 aromatic carbocycles. The first kappa shape index (κ1) is 16.1. The minimum absolute atomic E-state index is 0.145. The largest absolute Gasteiger partial charge is 0.368 e. The van der Waals surface area contributed by atoms with Crippen molar-refractivity contribution < 1.29 is 0 Å². The number of anilines is 2. The highest BCUT2D eigenvalue weighted by Crippen LogP contribution is 2.19. The van der Waals surface area contributed by atoms with Gasteiger partial charge < -0.3 is 20.6 Å². The van der Waals surface area contributed by atoms with E-state index in [2.05, 4.69) is 29.9 Å². The normalized spacial score (nSPS) is 10.8. The molecule has 4 aromatic rings. The van der Waals surface area contributed by atoms with Crippen LogP contribution < -0.4 is 11.5 Å². The molecule has 124 valence electrons. The highest BCUT2D eigenvalue weighted by molar-refractivity contribution is 6.34. The van der Waals surface area contributed by atoms with Crippen molar-refractivity contribution in [3.8, 4) is 0 Å². The summed E-state index contributed by atoms with van der Waals surface area (Å²) < 4.78 is 3.48. The van der Waals surface area contributed by atoms with Crippen LogP contribution in [0.2, 0.25) is 10.3 Å². The lowest BCUT2D eigenvalue weighted by molar-refractivity contribution is 0.929. The van der Waals surface area contributed by atoms with Crippen LogP contribution >= 0.6 is 23.2 Å². The Balaban J connectivity index is 0.000000141. The van der Waals surface area contributed by atoms with Gasteiger partial charge in [-0.25, -0.2) is 9.97 Å². The fraction of sp³-hybridized carbons (Fsp3) is 0.167. The zero-order valence-corrected chi connectivity index (χ0v) is 14.2. The zero-order chi connectivity index (χ0) is 17.4. The molecule has 4 rings (SSSR count). The first-order valence-corrected chi connectivity index (χ1v) is 7.32. The van der Waals surface area contributed by atoms with Crippen molar-refractivity contribution in [1.82, 2.24) is 39.0 Å². The molecule has 0 aliphatic rings. The molecule has 4 N–H and O–H groups in total. The summed E-state index contributed by atoms with van der Waals surface area (Å²) in [5.74, 6) is 0.308. The average molecular weight is 367 g/mol. The van der Waals surface area contributed by atoms with Crippen molar-refractivity contribution in [2.24, 2.45) is 14.1 Å². The van der Waals surface area contributed by atoms with E-state index in [1.165, 1.54) is 0 Å². The quantitative estimate of drug-likeness (QED) is 0.442. The van der Waals surface area contributed by atoms with E-state index < -0.39 is 0 Å². The third-order valence-electron chi connectivity index (χ3n) is 3.08. The van der Waals surface area contributed by atoms with Crippen molar-refractivity contribution >= 4 is 57.4 Å². The molecule has 12 heteroatoms. The third-order valence-corrected chi connectivity index (χ3v) is 3.61. The van der Waals surface area contributed by atoms with Gasteiger partial charge in [0.05, 0.1) is 12.7 Å². The second-order valence-corrected chi connectivity index (χ2v) is 5.52. The molecule has 0 aliphatic heterocycles. The highest BCUT2D eigenvalue weighted by atomic mass is 35.5. The molecule has 0 aliphatic carbocycles. The summed E-state index contributed by atoms with van der Waals surface area (Å²) in [5.41, 5.74) is 13.2. The Kier molecular flexibility index (Phi) is 4.08. The van der Waals surface area contributed by atoms with E-state index in [0.717, 1.165) is 0 Å². The average Bonchev–Trinajstić information content (AvgIpc) is 3.04. The van der Waals surface area contributed by atoms with Gasteiger partial charge in [0.25, 0.3) is 0 Å². The summed E-state index contributed by atoms with van der Waals surface area (Å²) in [5, 5.41) is 0.621. The maximum Gasteiger partial charge on any atom is 0.223 e. The maximum absolute atomic E-state index is 5.82. The van der Waals surface area contributed by atoms with Gasteiger partial charge >= 0.3 is 0 Å². The number of rotatable bonds is 0. The van der Waals surface area contributed by atoms with Crippen LogP contribution in [-0.4, -0.2) is 39.0 Å². The first-order valence-electron chi connectivity index (χ1n) is 6.57. The number of nitrogen functional groups attached to an aromatic ring is 2. The molecule has 0 atom stereocenters. The second kappa shape index (κ2) is 6.06. The lowest BCUT2D eigenvalue weighted by atomic mass is 10.5. The number of aryl methyl sites for hydroxylation is 2. The van der Waals surface area contributed by atoms with Gasteiger partial charge in [0.15, 0.2) is 21.6 Å². The smallest absolute Gasteiger partial charge is 0.223 e. The van der Waals surface area contributed by atoms with E-state index in [1.54, 1.807) is 21.8 Å². The molecule has 0 fully saturated rings. The molecule has 0 unspecified atom stereocenters. The molecule has 0 saturated heterocycles. The summed E-state index contributed by atoms with van der Waals surface area (Å²) in [6, 6.07) is 0. The lowest BCUT2D eigenvalue weighted by Gasteiger charge is -1.96. The van der Waals surface area contributed by atoms with Crippen LogP contribution in [0, 0.1) is 0 Å². The van der Waals surface area contributed by atoms with Crippen LogP contribution in [0.1, 0.15) is 0 Å². The number of halogens is 2. The van der Waals surface area contributed by atoms with Gasteiger partial charge in [-0.1, -0.05) is 23.2 Å². The Labute approximate surface area is 145 Å². The van der Waals surface area contributed by atoms with E-state index in [9.17, 15) is 0 Å². The van der Waals surface area contributed by atoms with E-state index in [0.29, 0.717) is 27.5 Å². The Morgan fingerprint density at radius 2 is 1.46 bits per heavy atom. The predicted octanol–water partition coefficient (Wildman–Crippen LogP) is 1.20. The van der Waals surface area contributed by atoms with Gasteiger partial charge in [0.2, 0.25) is 11.9 Å². The standard InChI is InChI=1S/2C6H6ClN5/c1-12-2-9-5-3(12)4(7)10-6(8)11-5;1-12-2-9-3-4(7)10-6(8)11-5(3)12/h2*2H,1H3,(H2,8,10,11). The Bertz CT molecular complexity index is 1040. The summed E-state index contributed by atoms with van der Waals surface area (Å²) in [7, 11) is 3.64. The SMILES string of the molecule is Cn1cnc2c(Cl)nc(N)nc21.Cn1cnc2nc(N)nc(Cl)c21. The molecule has 4 heterocycles. The second-order valence-electron chi connectivity index (χ2n) is 4.80. The van der Waals surface area contributed by atoms with Crippen molar-refractivity contribution in [3.63, 3.8) is 0 Å². The van der Waals surface area contributed by atoms with E-state index in [-0.39, 0.29) is 17.0 Å². The predicted molar refractivity (Wildman–Crippen MR) is 91.5 cm³/mol. The number of hydrogen-bond donors (Lipinski definition) is 2. The summed E-state index contributed by atoms with van der Waals surface area (Å²) in [6.45, 7) is 0. The fourth-order valence-electron chi connectivity index (χ4n) is 2.01. The minimum atomic E-state index is 0.145. The van der Waals surface area contributed by atoms with Crippen LogP contribution in [0.5, 0.6) is 0 Å². The van der Waals surface area contributed by atoms with Crippen LogP contribution in [-0.2, 0) is 14.1 Å². The molecule has 0 amide bonds. The Morgan fingerprint density at radius 3 is 2.21 bits per heavy atom. The lowest BCUT2D eigenvalue weighted by Crippen LogP contribution is -1.97. The maximum atomic E-state index is 5.82. The molecule has 10 nitrogen and oxygen atoms in total. The van der Waals surface area contributed by atoms with Gasteiger partial charge in [-0.2, -0.15) is 19.9 Å². The molecular weight excluding hydrogens is 355 g/mol. The number of imidazole rings is 2. The van der Waals surface area contributed by atoms with Crippen LogP contribution in [0.4, 0.5) is 11.9 Å². The number of hydrogen-bond acceptors (Lipinski definition) is 8.